The number of nitrogens with zero attached hydrogens (tertiary/aromatic N) is 4. The van der Waals surface area contributed by atoms with E-state index in [2.05, 4.69) is 56.2 Å². The third-order valence-electron chi connectivity index (χ3n) is 4.49. The zero-order valence-electron chi connectivity index (χ0n) is 14.7. The summed E-state index contributed by atoms with van der Waals surface area (Å²) in [5.41, 5.74) is 0.850. The maximum Gasteiger partial charge on any atom is 0.191 e. The minimum absolute atomic E-state index is 0.278. The minimum atomic E-state index is 0.278. The van der Waals surface area contributed by atoms with Crippen LogP contribution in [0, 0.1) is 0 Å². The van der Waals surface area contributed by atoms with Gasteiger partial charge in [0.25, 0.3) is 0 Å². The summed E-state index contributed by atoms with van der Waals surface area (Å²) < 4.78 is 2.26. The van der Waals surface area contributed by atoms with E-state index < -0.39 is 0 Å². The van der Waals surface area contributed by atoms with E-state index in [1.54, 1.807) is 7.05 Å². The first-order valence-electron chi connectivity index (χ1n) is 8.75. The molecule has 2 aromatic heterocycles. The van der Waals surface area contributed by atoms with Gasteiger partial charge in [-0.05, 0) is 37.1 Å². The summed E-state index contributed by atoms with van der Waals surface area (Å²) in [6.45, 7) is 1.47. The van der Waals surface area contributed by atoms with Gasteiger partial charge in [-0.15, -0.1) is 22.0 Å². The van der Waals surface area contributed by atoms with E-state index in [4.69, 9.17) is 0 Å². The summed E-state index contributed by atoms with van der Waals surface area (Å²) in [5, 5.41) is 15.2. The summed E-state index contributed by atoms with van der Waals surface area (Å²) in [5.74, 6) is 1.65. The van der Waals surface area contributed by atoms with Gasteiger partial charge in [0.1, 0.15) is 0 Å². The molecule has 0 bridgehead atoms. The molecule has 134 valence electrons. The molecule has 0 atom stereocenters. The van der Waals surface area contributed by atoms with Crippen LogP contribution in [0.2, 0.25) is 0 Å². The van der Waals surface area contributed by atoms with Crippen LogP contribution < -0.4 is 10.6 Å². The Balaban J connectivity index is 1.32. The Bertz CT molecular complexity index is 901. The number of aliphatic imine (C=N–C) groups is 1. The van der Waals surface area contributed by atoms with Crippen LogP contribution in [0.4, 0.5) is 0 Å². The number of aromatic nitrogens is 3. The molecule has 1 saturated carbocycles. The minimum Gasteiger partial charge on any atom is -0.355 e. The van der Waals surface area contributed by atoms with E-state index in [1.165, 1.54) is 17.7 Å². The van der Waals surface area contributed by atoms with Crippen molar-refractivity contribution in [1.82, 2.24) is 25.2 Å². The number of thioether (sulfide) groups is 1. The van der Waals surface area contributed by atoms with Gasteiger partial charge in [0.2, 0.25) is 0 Å². The van der Waals surface area contributed by atoms with Crippen LogP contribution in [-0.4, -0.2) is 38.9 Å². The van der Waals surface area contributed by atoms with Crippen LogP contribution in [0.1, 0.15) is 18.7 Å². The first-order chi connectivity index (χ1) is 12.8. The molecule has 0 unspecified atom stereocenters. The Morgan fingerprint density at radius 3 is 2.69 bits per heavy atom. The number of fused-ring (bicyclic) bond motifs is 1. The van der Waals surface area contributed by atoms with Crippen molar-refractivity contribution >= 4 is 23.4 Å². The maximum atomic E-state index is 4.33. The van der Waals surface area contributed by atoms with E-state index in [0.717, 1.165) is 24.0 Å². The van der Waals surface area contributed by atoms with Crippen LogP contribution in [0.25, 0.3) is 5.65 Å². The highest BCUT2D eigenvalue weighted by atomic mass is 32.2. The predicted octanol–water partition coefficient (Wildman–Crippen LogP) is 2.72. The molecule has 0 radical (unpaired) electrons. The normalized spacial score (nSPS) is 15.8. The molecule has 0 amide bonds. The Hall–Kier alpha value is -2.54. The number of nitrogens with one attached hydrogen (secondary N) is 2. The fraction of sp³-hybridized carbons (Fsp3) is 0.316. The molecule has 0 saturated heterocycles. The van der Waals surface area contributed by atoms with Crippen molar-refractivity contribution in [2.75, 3.05) is 13.6 Å². The highest BCUT2D eigenvalue weighted by Gasteiger charge is 2.43. The van der Waals surface area contributed by atoms with Gasteiger partial charge in [-0.25, -0.2) is 0 Å². The first kappa shape index (κ1) is 16.9. The van der Waals surface area contributed by atoms with Crippen molar-refractivity contribution < 1.29 is 0 Å². The molecular formula is C19H22N6S. The third kappa shape index (κ3) is 3.83. The molecule has 2 N–H and O–H groups in total. The van der Waals surface area contributed by atoms with Gasteiger partial charge in [0.15, 0.2) is 17.4 Å². The number of pyridine rings is 1. The molecule has 26 heavy (non-hydrogen) atoms. The monoisotopic (exact) mass is 366 g/mol. The molecule has 0 spiro atoms. The summed E-state index contributed by atoms with van der Waals surface area (Å²) in [6.07, 6.45) is 4.43. The molecule has 6 nitrogen and oxygen atoms in total. The number of hydrogen-bond acceptors (Lipinski definition) is 4. The number of hydrogen-bond donors (Lipinski definition) is 2. The lowest BCUT2D eigenvalue weighted by atomic mass is 10.4. The van der Waals surface area contributed by atoms with Crippen molar-refractivity contribution in [1.29, 1.82) is 0 Å². The van der Waals surface area contributed by atoms with Gasteiger partial charge >= 0.3 is 0 Å². The summed E-state index contributed by atoms with van der Waals surface area (Å²) in [6, 6.07) is 16.5. The van der Waals surface area contributed by atoms with Gasteiger partial charge in [-0.1, -0.05) is 24.3 Å². The van der Waals surface area contributed by atoms with Crippen LogP contribution >= 0.6 is 11.8 Å². The molecule has 4 rings (SSSR count). The highest BCUT2D eigenvalue weighted by Crippen LogP contribution is 2.51. The Kier molecular flexibility index (Phi) is 4.79. The molecule has 1 fully saturated rings. The smallest absolute Gasteiger partial charge is 0.191 e. The number of guanidine groups is 1. The summed E-state index contributed by atoms with van der Waals surface area (Å²) >= 11 is 1.96. The largest absolute Gasteiger partial charge is 0.355 e. The second-order valence-electron chi connectivity index (χ2n) is 6.42. The fourth-order valence-corrected chi connectivity index (χ4v) is 4.08. The second kappa shape index (κ2) is 7.37. The Morgan fingerprint density at radius 2 is 1.92 bits per heavy atom. The van der Waals surface area contributed by atoms with Crippen molar-refractivity contribution in [3.63, 3.8) is 0 Å². The predicted molar refractivity (Wildman–Crippen MR) is 105 cm³/mol. The first-order valence-corrected chi connectivity index (χ1v) is 9.57. The van der Waals surface area contributed by atoms with Crippen LogP contribution in [0.5, 0.6) is 0 Å². The van der Waals surface area contributed by atoms with Crippen molar-refractivity contribution in [2.45, 2.75) is 29.0 Å². The quantitative estimate of drug-likeness (QED) is 0.519. The van der Waals surface area contributed by atoms with Crippen LogP contribution in [-0.2, 0) is 6.54 Å². The molecular weight excluding hydrogens is 344 g/mol. The topological polar surface area (TPSA) is 66.6 Å². The van der Waals surface area contributed by atoms with Gasteiger partial charge in [0.05, 0.1) is 6.54 Å². The Morgan fingerprint density at radius 1 is 1.12 bits per heavy atom. The van der Waals surface area contributed by atoms with Crippen LogP contribution in [0.15, 0.2) is 64.6 Å². The standard InChI is InChI=1S/C19H22N6S/c1-20-18(21-13-17-24-23-16-9-5-6-12-25(16)17)22-14-19(10-11-19)26-15-7-3-2-4-8-15/h2-9,12H,10-11,13-14H2,1H3,(H2,20,21,22). The van der Waals surface area contributed by atoms with E-state index in [9.17, 15) is 0 Å². The lowest BCUT2D eigenvalue weighted by Crippen LogP contribution is -2.41. The van der Waals surface area contributed by atoms with Crippen LogP contribution in [0.3, 0.4) is 0 Å². The highest BCUT2D eigenvalue weighted by molar-refractivity contribution is 8.01. The van der Waals surface area contributed by atoms with Crippen molar-refractivity contribution in [3.05, 3.63) is 60.6 Å². The van der Waals surface area contributed by atoms with Gasteiger partial charge in [0, 0.05) is 29.4 Å². The van der Waals surface area contributed by atoms with Gasteiger partial charge in [-0.3, -0.25) is 9.39 Å². The second-order valence-corrected chi connectivity index (χ2v) is 7.96. The third-order valence-corrected chi connectivity index (χ3v) is 5.98. The average molecular weight is 366 g/mol. The average Bonchev–Trinajstić information content (AvgIpc) is 3.32. The molecule has 7 heteroatoms. The van der Waals surface area contributed by atoms with Gasteiger partial charge < -0.3 is 10.6 Å². The van der Waals surface area contributed by atoms with Gasteiger partial charge in [-0.2, -0.15) is 0 Å². The zero-order valence-corrected chi connectivity index (χ0v) is 15.5. The summed E-state index contributed by atoms with van der Waals surface area (Å²) in [7, 11) is 1.79. The van der Waals surface area contributed by atoms with Crippen molar-refractivity contribution in [3.8, 4) is 0 Å². The molecule has 2 heterocycles. The van der Waals surface area contributed by atoms with E-state index in [0.29, 0.717) is 6.54 Å². The van der Waals surface area contributed by atoms with E-state index >= 15 is 0 Å². The Labute approximate surface area is 157 Å². The lowest BCUT2D eigenvalue weighted by Gasteiger charge is -2.18. The van der Waals surface area contributed by atoms with Crippen molar-refractivity contribution in [2.24, 2.45) is 4.99 Å². The number of rotatable bonds is 6. The molecule has 1 aliphatic rings. The number of benzene rings is 1. The molecule has 0 aliphatic heterocycles. The SMILES string of the molecule is CN=C(NCc1nnc2ccccn12)NCC1(Sc2ccccc2)CC1. The van der Waals surface area contributed by atoms with E-state index in [-0.39, 0.29) is 4.75 Å². The lowest BCUT2D eigenvalue weighted by molar-refractivity contribution is 0.742. The van der Waals surface area contributed by atoms with E-state index in [1.807, 2.05) is 40.6 Å². The fourth-order valence-electron chi connectivity index (χ4n) is 2.83. The molecule has 3 aromatic rings. The summed E-state index contributed by atoms with van der Waals surface area (Å²) in [4.78, 5) is 5.66. The molecule has 1 aromatic carbocycles. The molecule has 1 aliphatic carbocycles. The maximum absolute atomic E-state index is 4.33. The zero-order chi connectivity index (χ0) is 17.8.